The number of morpholine rings is 1. The van der Waals surface area contributed by atoms with Gasteiger partial charge in [-0.3, -0.25) is 9.69 Å². The number of benzene rings is 1. The van der Waals surface area contributed by atoms with Crippen molar-refractivity contribution < 1.29 is 9.53 Å². The molecule has 5 heteroatoms. The number of thioether (sulfide) groups is 1. The lowest BCUT2D eigenvalue weighted by atomic mass is 10.1. The molecule has 0 saturated carbocycles. The SMILES string of the molecule is CSCC[C@H](C)NC(=O)[C@@H]1CN(Cc2ccccc2)CCO1. The lowest BCUT2D eigenvalue weighted by Gasteiger charge is -2.32. The Balaban J connectivity index is 1.81. The van der Waals surface area contributed by atoms with Crippen molar-refractivity contribution in [3.63, 3.8) is 0 Å². The molecule has 1 aliphatic heterocycles. The fraction of sp³-hybridized carbons (Fsp3) is 0.588. The first-order valence-corrected chi connectivity index (χ1v) is 9.25. The van der Waals surface area contributed by atoms with Gasteiger partial charge < -0.3 is 10.1 Å². The van der Waals surface area contributed by atoms with Crippen molar-refractivity contribution in [2.45, 2.75) is 32.0 Å². The molecule has 0 unspecified atom stereocenters. The molecule has 1 fully saturated rings. The quantitative estimate of drug-likeness (QED) is 0.835. The fourth-order valence-corrected chi connectivity index (χ4v) is 3.14. The molecule has 2 atom stereocenters. The van der Waals surface area contributed by atoms with Crippen LogP contribution in [0.4, 0.5) is 0 Å². The van der Waals surface area contributed by atoms with E-state index in [4.69, 9.17) is 4.74 Å². The van der Waals surface area contributed by atoms with Crippen LogP contribution in [0, 0.1) is 0 Å². The second kappa shape index (κ2) is 9.18. The van der Waals surface area contributed by atoms with Gasteiger partial charge in [0, 0.05) is 25.7 Å². The Kier molecular flexibility index (Phi) is 7.22. The van der Waals surface area contributed by atoms with Gasteiger partial charge in [-0.2, -0.15) is 11.8 Å². The number of ether oxygens (including phenoxy) is 1. The van der Waals surface area contributed by atoms with Gasteiger partial charge in [0.25, 0.3) is 5.91 Å². The predicted molar refractivity (Wildman–Crippen MR) is 92.1 cm³/mol. The Labute approximate surface area is 137 Å². The number of carbonyl (C=O) groups is 1. The molecule has 1 amide bonds. The smallest absolute Gasteiger partial charge is 0.250 e. The van der Waals surface area contributed by atoms with Gasteiger partial charge in [0.05, 0.1) is 6.61 Å². The number of rotatable bonds is 7. The number of amides is 1. The minimum Gasteiger partial charge on any atom is -0.366 e. The molecule has 22 heavy (non-hydrogen) atoms. The van der Waals surface area contributed by atoms with E-state index in [-0.39, 0.29) is 18.1 Å². The van der Waals surface area contributed by atoms with E-state index < -0.39 is 0 Å². The normalized spacial score (nSPS) is 20.5. The summed E-state index contributed by atoms with van der Waals surface area (Å²) in [7, 11) is 0. The van der Waals surface area contributed by atoms with Crippen LogP contribution < -0.4 is 5.32 Å². The number of nitrogens with one attached hydrogen (secondary N) is 1. The number of hydrogen-bond donors (Lipinski definition) is 1. The zero-order valence-electron chi connectivity index (χ0n) is 13.5. The molecule has 1 N–H and O–H groups in total. The maximum absolute atomic E-state index is 12.3. The summed E-state index contributed by atoms with van der Waals surface area (Å²) < 4.78 is 5.65. The van der Waals surface area contributed by atoms with Gasteiger partial charge in [0.2, 0.25) is 0 Å². The Bertz CT molecular complexity index is 455. The summed E-state index contributed by atoms with van der Waals surface area (Å²) in [4.78, 5) is 14.6. The molecule has 122 valence electrons. The van der Waals surface area contributed by atoms with Crippen LogP contribution in [-0.4, -0.2) is 54.7 Å². The third-order valence-corrected chi connectivity index (χ3v) is 4.48. The summed E-state index contributed by atoms with van der Waals surface area (Å²) in [6.07, 6.45) is 2.72. The highest BCUT2D eigenvalue weighted by Crippen LogP contribution is 2.11. The summed E-state index contributed by atoms with van der Waals surface area (Å²) in [5.41, 5.74) is 1.27. The van der Waals surface area contributed by atoms with E-state index in [9.17, 15) is 4.79 Å². The molecule has 1 aromatic rings. The molecule has 0 aliphatic carbocycles. The van der Waals surface area contributed by atoms with E-state index in [1.807, 2.05) is 18.2 Å². The largest absolute Gasteiger partial charge is 0.366 e. The zero-order valence-corrected chi connectivity index (χ0v) is 14.3. The van der Waals surface area contributed by atoms with Gasteiger partial charge in [-0.1, -0.05) is 30.3 Å². The van der Waals surface area contributed by atoms with Crippen molar-refractivity contribution in [2.24, 2.45) is 0 Å². The number of carbonyl (C=O) groups excluding carboxylic acids is 1. The van der Waals surface area contributed by atoms with Crippen molar-refractivity contribution in [3.05, 3.63) is 35.9 Å². The third kappa shape index (κ3) is 5.63. The van der Waals surface area contributed by atoms with Gasteiger partial charge in [-0.15, -0.1) is 0 Å². The molecule has 0 spiro atoms. The van der Waals surface area contributed by atoms with E-state index >= 15 is 0 Å². The minimum atomic E-state index is -0.353. The second-order valence-corrected chi connectivity index (χ2v) is 6.76. The molecule has 1 aliphatic rings. The van der Waals surface area contributed by atoms with E-state index in [0.29, 0.717) is 13.2 Å². The first-order chi connectivity index (χ1) is 10.7. The van der Waals surface area contributed by atoms with Crippen LogP contribution in [0.2, 0.25) is 0 Å². The van der Waals surface area contributed by atoms with Crippen LogP contribution in [0.5, 0.6) is 0 Å². The summed E-state index contributed by atoms with van der Waals surface area (Å²) in [6.45, 7) is 5.08. The number of nitrogens with zero attached hydrogens (tertiary/aromatic N) is 1. The van der Waals surface area contributed by atoms with Crippen molar-refractivity contribution in [1.29, 1.82) is 0 Å². The molecule has 1 saturated heterocycles. The first kappa shape index (κ1) is 17.3. The highest BCUT2D eigenvalue weighted by Gasteiger charge is 2.27. The van der Waals surface area contributed by atoms with E-state index in [1.54, 1.807) is 11.8 Å². The lowest BCUT2D eigenvalue weighted by molar-refractivity contribution is -0.139. The van der Waals surface area contributed by atoms with Crippen LogP contribution >= 0.6 is 11.8 Å². The maximum atomic E-state index is 12.3. The third-order valence-electron chi connectivity index (χ3n) is 3.84. The van der Waals surface area contributed by atoms with Crippen molar-refractivity contribution >= 4 is 17.7 Å². The summed E-state index contributed by atoms with van der Waals surface area (Å²) in [6, 6.07) is 10.6. The molecule has 2 rings (SSSR count). The highest BCUT2D eigenvalue weighted by molar-refractivity contribution is 7.98. The molecule has 0 aromatic heterocycles. The minimum absolute atomic E-state index is 0.0198. The molecule has 4 nitrogen and oxygen atoms in total. The number of hydrogen-bond acceptors (Lipinski definition) is 4. The summed E-state index contributed by atoms with van der Waals surface area (Å²) in [5, 5.41) is 3.06. The maximum Gasteiger partial charge on any atom is 0.250 e. The average molecular weight is 322 g/mol. The molecular formula is C17H26N2O2S. The van der Waals surface area contributed by atoms with Crippen LogP contribution in [0.3, 0.4) is 0 Å². The Morgan fingerprint density at radius 1 is 1.45 bits per heavy atom. The van der Waals surface area contributed by atoms with E-state index in [1.165, 1.54) is 5.56 Å². The van der Waals surface area contributed by atoms with Crippen LogP contribution in [-0.2, 0) is 16.1 Å². The second-order valence-electron chi connectivity index (χ2n) is 5.77. The van der Waals surface area contributed by atoms with Crippen molar-refractivity contribution in [3.8, 4) is 0 Å². The van der Waals surface area contributed by atoms with E-state index in [2.05, 4.69) is 35.5 Å². The van der Waals surface area contributed by atoms with Crippen molar-refractivity contribution in [1.82, 2.24) is 10.2 Å². The topological polar surface area (TPSA) is 41.6 Å². The molecular weight excluding hydrogens is 296 g/mol. The molecule has 1 heterocycles. The van der Waals surface area contributed by atoms with Gasteiger partial charge in [-0.05, 0) is 30.9 Å². The Morgan fingerprint density at radius 2 is 2.23 bits per heavy atom. The van der Waals surface area contributed by atoms with Crippen LogP contribution in [0.15, 0.2) is 30.3 Å². The van der Waals surface area contributed by atoms with Gasteiger partial charge in [0.15, 0.2) is 0 Å². The van der Waals surface area contributed by atoms with Crippen LogP contribution in [0.25, 0.3) is 0 Å². The predicted octanol–water partition coefficient (Wildman–Crippen LogP) is 2.15. The molecule has 0 bridgehead atoms. The fourth-order valence-electron chi connectivity index (χ4n) is 2.55. The lowest BCUT2D eigenvalue weighted by Crippen LogP contribution is -2.51. The van der Waals surface area contributed by atoms with Crippen molar-refractivity contribution in [2.75, 3.05) is 31.7 Å². The summed E-state index contributed by atoms with van der Waals surface area (Å²) >= 11 is 1.80. The molecule has 0 radical (unpaired) electrons. The van der Waals surface area contributed by atoms with Gasteiger partial charge >= 0.3 is 0 Å². The highest BCUT2D eigenvalue weighted by atomic mass is 32.2. The average Bonchev–Trinajstić information content (AvgIpc) is 2.54. The first-order valence-electron chi connectivity index (χ1n) is 7.86. The standard InChI is InChI=1S/C17H26N2O2S/c1-14(8-11-22-2)18-17(20)16-13-19(9-10-21-16)12-15-6-4-3-5-7-15/h3-7,14,16H,8-13H2,1-2H3,(H,18,20)/t14-,16-/m0/s1. The Morgan fingerprint density at radius 3 is 2.95 bits per heavy atom. The van der Waals surface area contributed by atoms with Crippen LogP contribution in [0.1, 0.15) is 18.9 Å². The van der Waals surface area contributed by atoms with Gasteiger partial charge in [-0.25, -0.2) is 0 Å². The Hall–Kier alpha value is -1.04. The van der Waals surface area contributed by atoms with E-state index in [0.717, 1.165) is 25.3 Å². The summed E-state index contributed by atoms with van der Waals surface area (Å²) in [5.74, 6) is 1.08. The monoisotopic (exact) mass is 322 g/mol. The molecule has 1 aromatic carbocycles. The van der Waals surface area contributed by atoms with Gasteiger partial charge in [0.1, 0.15) is 6.10 Å². The zero-order chi connectivity index (χ0) is 15.8.